The third kappa shape index (κ3) is 4.16. The average molecular weight is 376 g/mol. The molecule has 1 fully saturated rings. The van der Waals surface area contributed by atoms with Crippen LogP contribution < -0.4 is 15.0 Å². The lowest BCUT2D eigenvalue weighted by molar-refractivity contribution is -0.129. The Morgan fingerprint density at radius 1 is 1.19 bits per heavy atom. The van der Waals surface area contributed by atoms with Crippen molar-refractivity contribution in [3.05, 3.63) is 35.0 Å². The fourth-order valence-corrected chi connectivity index (χ4v) is 3.09. The number of methoxy groups -OCH3 is 1. The van der Waals surface area contributed by atoms with E-state index >= 15 is 0 Å². The second-order valence-electron chi connectivity index (χ2n) is 6.15. The predicted octanol–water partition coefficient (Wildman–Crippen LogP) is 2.86. The minimum absolute atomic E-state index is 0.110. The number of aromatic nitrogens is 2. The largest absolute Gasteiger partial charge is 0.495 e. The average Bonchev–Trinajstić information content (AvgIpc) is 2.61. The van der Waals surface area contributed by atoms with E-state index in [9.17, 15) is 4.79 Å². The predicted molar refractivity (Wildman–Crippen MR) is 103 cm³/mol. The molecular weight excluding hydrogens is 354 g/mol. The topological polar surface area (TPSA) is 70.6 Å². The van der Waals surface area contributed by atoms with Crippen molar-refractivity contribution >= 4 is 35.0 Å². The molecule has 1 aliphatic heterocycles. The van der Waals surface area contributed by atoms with Crippen LogP contribution in [-0.2, 0) is 4.79 Å². The van der Waals surface area contributed by atoms with Crippen LogP contribution in [-0.4, -0.2) is 54.1 Å². The third-order valence-corrected chi connectivity index (χ3v) is 4.53. The number of nitrogens with zero attached hydrogens (tertiary/aromatic N) is 4. The number of anilines is 3. The minimum atomic E-state index is 0.110. The molecule has 1 saturated heterocycles. The Morgan fingerprint density at radius 2 is 1.92 bits per heavy atom. The molecule has 0 radical (unpaired) electrons. The standard InChI is InChI=1S/C18H22ClN5O2/c1-12-10-17(24-8-6-23(7-9-24)13(2)25)22-18(20-12)21-15-11-14(19)4-5-16(15)26-3/h4-5,10-11H,6-9H2,1-3H3,(H,20,21,22). The lowest BCUT2D eigenvalue weighted by Crippen LogP contribution is -2.48. The fourth-order valence-electron chi connectivity index (χ4n) is 2.92. The second-order valence-corrected chi connectivity index (χ2v) is 6.59. The maximum Gasteiger partial charge on any atom is 0.229 e. The molecular formula is C18H22ClN5O2. The molecule has 138 valence electrons. The Balaban J connectivity index is 1.81. The fraction of sp³-hybridized carbons (Fsp3) is 0.389. The van der Waals surface area contributed by atoms with Crippen LogP contribution >= 0.6 is 11.6 Å². The van der Waals surface area contributed by atoms with E-state index in [0.29, 0.717) is 35.5 Å². The zero-order chi connectivity index (χ0) is 18.7. The van der Waals surface area contributed by atoms with E-state index in [1.165, 1.54) is 0 Å². The molecule has 2 heterocycles. The molecule has 0 spiro atoms. The highest BCUT2D eigenvalue weighted by atomic mass is 35.5. The number of benzene rings is 1. The summed E-state index contributed by atoms with van der Waals surface area (Å²) in [5.41, 5.74) is 1.56. The monoisotopic (exact) mass is 375 g/mol. The maximum atomic E-state index is 11.5. The van der Waals surface area contributed by atoms with Crippen LogP contribution in [0, 0.1) is 6.92 Å². The lowest BCUT2D eigenvalue weighted by atomic mass is 10.3. The molecule has 0 atom stereocenters. The van der Waals surface area contributed by atoms with Crippen molar-refractivity contribution in [1.82, 2.24) is 14.9 Å². The van der Waals surface area contributed by atoms with Gasteiger partial charge in [0.25, 0.3) is 0 Å². The summed E-state index contributed by atoms with van der Waals surface area (Å²) >= 11 is 6.09. The number of rotatable bonds is 4. The highest BCUT2D eigenvalue weighted by molar-refractivity contribution is 6.31. The number of carbonyl (C=O) groups excluding carboxylic acids is 1. The van der Waals surface area contributed by atoms with E-state index in [1.54, 1.807) is 32.2 Å². The number of halogens is 1. The van der Waals surface area contributed by atoms with Crippen LogP contribution in [0.4, 0.5) is 17.5 Å². The van der Waals surface area contributed by atoms with Crippen LogP contribution in [0.1, 0.15) is 12.6 Å². The lowest BCUT2D eigenvalue weighted by Gasteiger charge is -2.35. The number of ether oxygens (including phenoxy) is 1. The van der Waals surface area contributed by atoms with Gasteiger partial charge in [-0.1, -0.05) is 11.6 Å². The van der Waals surface area contributed by atoms with Crippen LogP contribution in [0.5, 0.6) is 5.75 Å². The van der Waals surface area contributed by atoms with Gasteiger partial charge in [0.1, 0.15) is 11.6 Å². The van der Waals surface area contributed by atoms with Crippen molar-refractivity contribution < 1.29 is 9.53 Å². The van der Waals surface area contributed by atoms with Gasteiger partial charge in [0.15, 0.2) is 0 Å². The van der Waals surface area contributed by atoms with Crippen molar-refractivity contribution in [3.63, 3.8) is 0 Å². The first-order valence-corrected chi connectivity index (χ1v) is 8.81. The Morgan fingerprint density at radius 3 is 2.58 bits per heavy atom. The molecule has 7 nitrogen and oxygen atoms in total. The summed E-state index contributed by atoms with van der Waals surface area (Å²) in [7, 11) is 1.60. The Labute approximate surface area is 157 Å². The molecule has 0 bridgehead atoms. The number of piperazine rings is 1. The first-order valence-electron chi connectivity index (χ1n) is 8.43. The Hall–Kier alpha value is -2.54. The number of hydrogen-bond donors (Lipinski definition) is 1. The zero-order valence-electron chi connectivity index (χ0n) is 15.1. The van der Waals surface area contributed by atoms with E-state index in [-0.39, 0.29) is 5.91 Å². The number of carbonyl (C=O) groups is 1. The molecule has 0 aliphatic carbocycles. The summed E-state index contributed by atoms with van der Waals surface area (Å²) in [5.74, 6) is 2.09. The maximum absolute atomic E-state index is 11.5. The van der Waals surface area contributed by atoms with Gasteiger partial charge in [-0.2, -0.15) is 4.98 Å². The molecule has 1 aliphatic rings. The van der Waals surface area contributed by atoms with E-state index < -0.39 is 0 Å². The second kappa shape index (κ2) is 7.78. The first-order chi connectivity index (χ1) is 12.5. The van der Waals surface area contributed by atoms with Crippen molar-refractivity contribution in [2.24, 2.45) is 0 Å². The number of aryl methyl sites for hydroxylation is 1. The Kier molecular flexibility index (Phi) is 5.46. The highest BCUT2D eigenvalue weighted by Crippen LogP contribution is 2.30. The molecule has 1 N–H and O–H groups in total. The minimum Gasteiger partial charge on any atom is -0.495 e. The molecule has 26 heavy (non-hydrogen) atoms. The molecule has 0 unspecified atom stereocenters. The summed E-state index contributed by atoms with van der Waals surface area (Å²) in [6, 6.07) is 7.28. The summed E-state index contributed by atoms with van der Waals surface area (Å²) < 4.78 is 5.36. The zero-order valence-corrected chi connectivity index (χ0v) is 15.9. The quantitative estimate of drug-likeness (QED) is 0.886. The highest BCUT2D eigenvalue weighted by Gasteiger charge is 2.20. The van der Waals surface area contributed by atoms with Gasteiger partial charge in [0.2, 0.25) is 11.9 Å². The van der Waals surface area contributed by atoms with Crippen LogP contribution in [0.3, 0.4) is 0 Å². The molecule has 1 aromatic carbocycles. The Bertz CT molecular complexity index is 806. The van der Waals surface area contributed by atoms with E-state index in [4.69, 9.17) is 16.3 Å². The number of hydrogen-bond acceptors (Lipinski definition) is 6. The van der Waals surface area contributed by atoms with Gasteiger partial charge in [0, 0.05) is 49.9 Å². The van der Waals surface area contributed by atoms with Crippen molar-refractivity contribution in [2.75, 3.05) is 43.5 Å². The van der Waals surface area contributed by atoms with Crippen molar-refractivity contribution in [3.8, 4) is 5.75 Å². The number of amides is 1. The molecule has 1 aromatic heterocycles. The van der Waals surface area contributed by atoms with Gasteiger partial charge >= 0.3 is 0 Å². The molecule has 3 rings (SSSR count). The van der Waals surface area contributed by atoms with E-state index in [2.05, 4.69) is 20.2 Å². The van der Waals surface area contributed by atoms with Crippen LogP contribution in [0.25, 0.3) is 0 Å². The van der Waals surface area contributed by atoms with E-state index in [1.807, 2.05) is 17.9 Å². The third-order valence-electron chi connectivity index (χ3n) is 4.30. The summed E-state index contributed by atoms with van der Waals surface area (Å²) in [5, 5.41) is 3.79. The van der Waals surface area contributed by atoms with E-state index in [0.717, 1.165) is 24.6 Å². The van der Waals surface area contributed by atoms with Gasteiger partial charge in [0.05, 0.1) is 12.8 Å². The molecule has 2 aromatic rings. The SMILES string of the molecule is COc1ccc(Cl)cc1Nc1nc(C)cc(N2CCN(C(C)=O)CC2)n1. The van der Waals surface area contributed by atoms with Gasteiger partial charge in [-0.15, -0.1) is 0 Å². The van der Waals surface area contributed by atoms with Crippen molar-refractivity contribution in [1.29, 1.82) is 0 Å². The van der Waals surface area contributed by atoms with Crippen molar-refractivity contribution in [2.45, 2.75) is 13.8 Å². The summed E-state index contributed by atoms with van der Waals surface area (Å²) in [6.07, 6.45) is 0. The molecule has 8 heteroatoms. The van der Waals surface area contributed by atoms with Crippen LogP contribution in [0.2, 0.25) is 5.02 Å². The molecule has 1 amide bonds. The summed E-state index contributed by atoms with van der Waals surface area (Å²) in [6.45, 7) is 6.42. The van der Waals surface area contributed by atoms with Gasteiger partial charge < -0.3 is 19.9 Å². The first kappa shape index (κ1) is 18.3. The normalized spacial score (nSPS) is 14.3. The van der Waals surface area contributed by atoms with Gasteiger partial charge in [-0.25, -0.2) is 4.98 Å². The molecule has 0 saturated carbocycles. The summed E-state index contributed by atoms with van der Waals surface area (Å²) in [4.78, 5) is 24.6. The van der Waals surface area contributed by atoms with Gasteiger partial charge in [-0.3, -0.25) is 4.79 Å². The number of nitrogens with one attached hydrogen (secondary N) is 1. The van der Waals surface area contributed by atoms with Crippen LogP contribution in [0.15, 0.2) is 24.3 Å². The van der Waals surface area contributed by atoms with Gasteiger partial charge in [-0.05, 0) is 25.1 Å². The smallest absolute Gasteiger partial charge is 0.229 e.